The van der Waals surface area contributed by atoms with Crippen molar-refractivity contribution >= 4 is 5.69 Å². The van der Waals surface area contributed by atoms with Crippen molar-refractivity contribution in [1.29, 1.82) is 0 Å². The van der Waals surface area contributed by atoms with E-state index in [9.17, 15) is 0 Å². The van der Waals surface area contributed by atoms with Crippen molar-refractivity contribution in [2.24, 2.45) is 0 Å². The number of benzene rings is 2. The van der Waals surface area contributed by atoms with Crippen LogP contribution in [0.5, 0.6) is 0 Å². The number of rotatable bonds is 2. The third kappa shape index (κ3) is 2.33. The number of nitrogens with zero attached hydrogens (tertiary/aromatic N) is 3. The Morgan fingerprint density at radius 2 is 1.77 bits per heavy atom. The summed E-state index contributed by atoms with van der Waals surface area (Å²) in [7, 11) is 1.96. The van der Waals surface area contributed by atoms with Crippen molar-refractivity contribution in [1.82, 2.24) is 4.90 Å². The van der Waals surface area contributed by atoms with Crippen LogP contribution in [0.25, 0.3) is 16.0 Å². The summed E-state index contributed by atoms with van der Waals surface area (Å²) in [6.07, 6.45) is 2.09. The largest absolute Gasteiger partial charge is 0.363 e. The Hall–Kier alpha value is -2.73. The topological polar surface area (TPSA) is 10.8 Å². The first-order chi connectivity index (χ1) is 10.6. The fraction of sp³-hybridized carbons (Fsp3) is 0.211. The van der Waals surface area contributed by atoms with Crippen molar-refractivity contribution in [2.45, 2.75) is 20.0 Å². The highest BCUT2D eigenvalue weighted by molar-refractivity contribution is 5.71. The van der Waals surface area contributed by atoms with Crippen LogP contribution in [0.1, 0.15) is 12.5 Å². The highest BCUT2D eigenvalue weighted by Gasteiger charge is 2.29. The minimum atomic E-state index is 0.147. The van der Waals surface area contributed by atoms with Gasteiger partial charge in [0.1, 0.15) is 0 Å². The minimum absolute atomic E-state index is 0.147. The molecule has 0 radical (unpaired) electrons. The van der Waals surface area contributed by atoms with Gasteiger partial charge in [-0.1, -0.05) is 49.0 Å². The molecule has 0 saturated carbocycles. The first kappa shape index (κ1) is 14.2. The van der Waals surface area contributed by atoms with Crippen molar-refractivity contribution < 1.29 is 0 Å². The third-order valence-corrected chi connectivity index (χ3v) is 4.29. The van der Waals surface area contributed by atoms with E-state index in [2.05, 4.69) is 66.1 Å². The Kier molecular flexibility index (Phi) is 3.60. The quantitative estimate of drug-likeness (QED) is 0.755. The van der Waals surface area contributed by atoms with Gasteiger partial charge in [-0.05, 0) is 36.6 Å². The average Bonchev–Trinajstić information content (AvgIpc) is 2.84. The first-order valence-corrected chi connectivity index (χ1v) is 7.38. The smallest absolute Gasteiger partial charge is 0.243 e. The Bertz CT molecular complexity index is 756. The molecule has 22 heavy (non-hydrogen) atoms. The summed E-state index contributed by atoms with van der Waals surface area (Å²) in [6, 6.07) is 16.9. The molecule has 0 aliphatic carbocycles. The normalized spacial score (nSPS) is 17.4. The van der Waals surface area contributed by atoms with E-state index >= 15 is 0 Å². The Labute approximate surface area is 131 Å². The SMILES string of the molecule is [C-]#[N+]C1=CN(c2cc(-c3ccccc3)ccc2C)[C@@H](C)N1C. The molecule has 0 N–H and O–H groups in total. The van der Waals surface area contributed by atoms with Gasteiger partial charge < -0.3 is 14.6 Å². The molecule has 1 heterocycles. The Morgan fingerprint density at radius 3 is 2.41 bits per heavy atom. The number of anilines is 1. The zero-order valence-corrected chi connectivity index (χ0v) is 13.1. The van der Waals surface area contributed by atoms with E-state index in [0.717, 1.165) is 5.69 Å². The first-order valence-electron chi connectivity index (χ1n) is 7.38. The van der Waals surface area contributed by atoms with Gasteiger partial charge in [0.15, 0.2) is 6.17 Å². The molecule has 3 rings (SSSR count). The molecule has 0 saturated heterocycles. The molecule has 0 amide bonds. The maximum atomic E-state index is 7.29. The molecule has 0 spiro atoms. The molecule has 2 aromatic carbocycles. The average molecular weight is 289 g/mol. The monoisotopic (exact) mass is 289 g/mol. The lowest BCUT2D eigenvalue weighted by Crippen LogP contribution is -2.34. The van der Waals surface area contributed by atoms with Crippen LogP contribution >= 0.6 is 0 Å². The molecule has 1 aliphatic rings. The molecule has 3 heteroatoms. The molecule has 0 unspecified atom stereocenters. The van der Waals surface area contributed by atoms with Crippen LogP contribution in [-0.2, 0) is 0 Å². The van der Waals surface area contributed by atoms with Crippen LogP contribution in [0.4, 0.5) is 5.69 Å². The van der Waals surface area contributed by atoms with Gasteiger partial charge >= 0.3 is 0 Å². The van der Waals surface area contributed by atoms with E-state index in [1.807, 2.05) is 24.2 Å². The van der Waals surface area contributed by atoms with Crippen LogP contribution in [0.15, 0.2) is 60.6 Å². The van der Waals surface area contributed by atoms with Crippen LogP contribution in [0.3, 0.4) is 0 Å². The lowest BCUT2D eigenvalue weighted by Gasteiger charge is -2.27. The second-order valence-electron chi connectivity index (χ2n) is 5.62. The second kappa shape index (κ2) is 5.57. The van der Waals surface area contributed by atoms with Crippen molar-refractivity contribution in [2.75, 3.05) is 11.9 Å². The second-order valence-corrected chi connectivity index (χ2v) is 5.62. The highest BCUT2D eigenvalue weighted by Crippen LogP contribution is 2.33. The summed E-state index contributed by atoms with van der Waals surface area (Å²) >= 11 is 0. The summed E-state index contributed by atoms with van der Waals surface area (Å²) in [5.41, 5.74) is 4.76. The molecular formula is C19H19N3. The minimum Gasteiger partial charge on any atom is -0.363 e. The number of aryl methyl sites for hydroxylation is 1. The highest BCUT2D eigenvalue weighted by atomic mass is 15.4. The van der Waals surface area contributed by atoms with Crippen LogP contribution in [0.2, 0.25) is 0 Å². The fourth-order valence-electron chi connectivity index (χ4n) is 2.78. The maximum absolute atomic E-state index is 7.29. The fourth-order valence-corrected chi connectivity index (χ4v) is 2.78. The molecule has 0 fully saturated rings. The molecule has 1 aliphatic heterocycles. The molecule has 1 atom stereocenters. The van der Waals surface area contributed by atoms with E-state index in [1.54, 1.807) is 0 Å². The summed E-state index contributed by atoms with van der Waals surface area (Å²) in [5.74, 6) is 0.678. The third-order valence-electron chi connectivity index (χ3n) is 4.29. The predicted molar refractivity (Wildman–Crippen MR) is 91.0 cm³/mol. The molecule has 0 aromatic heterocycles. The van der Waals surface area contributed by atoms with Gasteiger partial charge in [-0.15, -0.1) is 0 Å². The van der Waals surface area contributed by atoms with Gasteiger partial charge in [0.25, 0.3) is 0 Å². The predicted octanol–water partition coefficient (Wildman–Crippen LogP) is 4.48. The van der Waals surface area contributed by atoms with E-state index in [1.165, 1.54) is 16.7 Å². The van der Waals surface area contributed by atoms with E-state index in [0.29, 0.717) is 5.82 Å². The van der Waals surface area contributed by atoms with Gasteiger partial charge in [-0.2, -0.15) is 0 Å². The van der Waals surface area contributed by atoms with Gasteiger partial charge in [0.05, 0.1) is 7.05 Å². The van der Waals surface area contributed by atoms with E-state index in [4.69, 9.17) is 6.57 Å². The van der Waals surface area contributed by atoms with Crippen LogP contribution in [0, 0.1) is 13.5 Å². The lowest BCUT2D eigenvalue weighted by atomic mass is 10.0. The van der Waals surface area contributed by atoms with Gasteiger partial charge in [0.2, 0.25) is 5.82 Å². The van der Waals surface area contributed by atoms with E-state index in [-0.39, 0.29) is 6.17 Å². The molecular weight excluding hydrogens is 270 g/mol. The Balaban J connectivity index is 2.05. The van der Waals surface area contributed by atoms with Gasteiger partial charge in [0, 0.05) is 11.9 Å². The lowest BCUT2D eigenvalue weighted by molar-refractivity contribution is 0.365. The molecule has 110 valence electrons. The summed E-state index contributed by atoms with van der Waals surface area (Å²) in [6.45, 7) is 11.5. The van der Waals surface area contributed by atoms with Crippen molar-refractivity contribution in [3.05, 3.63) is 77.5 Å². The standard InChI is InChI=1S/C19H19N3/c1-14-10-11-17(16-8-6-5-7-9-16)12-18(14)22-13-19(20-3)21(4)15(22)2/h5-13,15H,1-2,4H3/t15-/m0/s1. The number of hydrogen-bond donors (Lipinski definition) is 0. The van der Waals surface area contributed by atoms with E-state index < -0.39 is 0 Å². The van der Waals surface area contributed by atoms with Gasteiger partial charge in [-0.3, -0.25) is 0 Å². The Morgan fingerprint density at radius 1 is 1.05 bits per heavy atom. The molecule has 2 aromatic rings. The van der Waals surface area contributed by atoms with Crippen LogP contribution in [-0.4, -0.2) is 18.1 Å². The molecule has 0 bridgehead atoms. The summed E-state index contributed by atoms with van der Waals surface area (Å²) < 4.78 is 0. The number of hydrogen-bond acceptors (Lipinski definition) is 2. The molecule has 3 nitrogen and oxygen atoms in total. The van der Waals surface area contributed by atoms with Crippen LogP contribution < -0.4 is 4.90 Å². The zero-order chi connectivity index (χ0) is 15.7. The zero-order valence-electron chi connectivity index (χ0n) is 13.1. The van der Waals surface area contributed by atoms with Crippen molar-refractivity contribution in [3.63, 3.8) is 0 Å². The van der Waals surface area contributed by atoms with Crippen molar-refractivity contribution in [3.8, 4) is 11.1 Å². The summed E-state index contributed by atoms with van der Waals surface area (Å²) in [5, 5.41) is 0. The summed E-state index contributed by atoms with van der Waals surface area (Å²) in [4.78, 5) is 7.78. The maximum Gasteiger partial charge on any atom is 0.243 e. The van der Waals surface area contributed by atoms with Gasteiger partial charge in [-0.25, -0.2) is 0 Å².